The van der Waals surface area contributed by atoms with E-state index in [-0.39, 0.29) is 210 Å². The highest BCUT2D eigenvalue weighted by Crippen LogP contribution is 2.33. The first kappa shape index (κ1) is 21.1. The van der Waals surface area contributed by atoms with Crippen molar-refractivity contribution in [2.75, 3.05) is 48.3 Å². The fourth-order valence-corrected chi connectivity index (χ4v) is 5.75. The van der Waals surface area contributed by atoms with Gasteiger partial charge in [-0.2, -0.15) is 0 Å². The van der Waals surface area contributed by atoms with Gasteiger partial charge in [-0.05, 0) is 49.9 Å². The topological polar surface area (TPSA) is 107 Å². The number of piperazine rings is 1. The van der Waals surface area contributed by atoms with Crippen molar-refractivity contribution in [1.82, 2.24) is 19.9 Å². The molecule has 9 nitrogen and oxygen atoms in total. The number of β-amino-alcohol motifs (C(OH)–C–C–N with tert-alkyl or cyclic N) is 1. The Morgan fingerprint density at radius 2 is 2.16 bits per heavy atom. The predicted octanol–water partition coefficient (Wildman–Crippen LogP) is 38.0. The average Bonchev–Trinajstić information content (AvgIpc) is 3.61. The Bertz CT molecular complexity index is 1480. The first-order valence-electron chi connectivity index (χ1n) is 18.5. The summed E-state index contributed by atoms with van der Waals surface area (Å²) in [6, 6.07) is 2.18. The van der Waals surface area contributed by atoms with Crippen molar-refractivity contribution in [3.8, 4) is 0 Å². The molecule has 0 saturated carbocycles. The fraction of sp³-hybridized carbons (Fsp3) is 0.481. The Morgan fingerprint density at radius 1 is 1.37 bits per heavy atom. The van der Waals surface area contributed by atoms with E-state index in [9.17, 15) is 9.90 Å². The SMILES string of the molecule is [2H][2H].[2H][2H].[2H][2H].[2H][2H].[2H][2H].[2H]c1c(Nc2ncc(C(=O)Nc3c(Cl)cc(C)c(C)c3CC)s2)nc(CC)nc1N1CCN(CCO)CC1C.[HH].[HH].[HH].[HH].[HH].[HH].[HH].[HH].[HH].[HH].[HH].[HH].[HH].[HH].[HH].[HH].[HH].[HH].[HH].[HH].[HH].[HH].[HH].[HH].[HH].[HH].[HH].[HH].[HH].[HH].[HH].[HH].[HH].[HH].[HH].[HH].[HH].[HH].[HH].[HH].[HH].[HH].[HH].[HH].[HH].[HH].[HH].[HH].[HH].[HH].[HH].[HH].[HH].[HH].[HH].[HH].[HH].[HH].[HH].[HH].[HH].[HH].[HH].[HH].[HH].[HH].[HH].[HH].[HH].[HH].[HH].[HH].[HH].[HH].[HH].[HH].[HH].[HH].[HH].[HH].[HH].[HH].[HH].[HH].[HH].[HH].[HH].[HH].[HH].[HH].[HH].[HH].[HH].[HH].[HH].[HH].[HH].[HH].[HH].[HH].[HH].[HH].[HH].[HH].[HH].[HH].[HH].[HH].[HH].[HH].[HH].[HH].[HH].[HH].[HH].[HH].[HH].[HH].[HH].[HH].[HH].[HH].[HH].[HH].[HH].[HH].[HH].[HH].[HH].[HH]. The van der Waals surface area contributed by atoms with Gasteiger partial charge in [0.05, 0.1) is 24.9 Å². The molecule has 38 heavy (non-hydrogen) atoms. The van der Waals surface area contributed by atoms with Gasteiger partial charge >= 0.3 is 0 Å². The molecular formula is C27H306ClN7O2S. The average molecular weight is 841 g/mol. The van der Waals surface area contributed by atoms with Crippen molar-refractivity contribution < 1.29 is 212 Å². The molecule has 0 bridgehead atoms. The minimum atomic E-state index is -0.293. The van der Waals surface area contributed by atoms with Gasteiger partial charge < -0.3 is 20.6 Å². The zero-order valence-electron chi connectivity index (χ0n) is 33.6. The molecule has 1 atom stereocenters. The molecule has 3 heterocycles. The molecule has 1 unspecified atom stereocenters. The number of anilines is 4. The summed E-state index contributed by atoms with van der Waals surface area (Å²) in [7, 11) is 0. The molecule has 3 aromatic rings. The van der Waals surface area contributed by atoms with E-state index in [4.69, 9.17) is 27.8 Å². The molecule has 474 valence electrons. The Kier molecular flexibility index (Phi) is 6.87. The Hall–Kier alpha value is -2.79. The monoisotopic (exact) mass is 840 g/mol. The van der Waals surface area contributed by atoms with Crippen LogP contribution in [0.4, 0.5) is 22.5 Å². The van der Waals surface area contributed by atoms with Crippen LogP contribution in [0.25, 0.3) is 0 Å². The number of hydrogen-bond donors (Lipinski definition) is 3. The highest BCUT2D eigenvalue weighted by molar-refractivity contribution is 7.17. The summed E-state index contributed by atoms with van der Waals surface area (Å²) in [5, 5.41) is 16.4. The van der Waals surface area contributed by atoms with E-state index in [0.29, 0.717) is 57.7 Å². The quantitative estimate of drug-likeness (QED) is 0.196. The third-order valence-electron chi connectivity index (χ3n) is 6.90. The van der Waals surface area contributed by atoms with Gasteiger partial charge in [0.15, 0.2) is 5.13 Å². The molecule has 0 radical (unpaired) electrons. The van der Waals surface area contributed by atoms with E-state index >= 15 is 0 Å². The Balaban J connectivity index is -0.00000000119. The van der Waals surface area contributed by atoms with E-state index in [1.165, 1.54) is 17.5 Å². The van der Waals surface area contributed by atoms with E-state index in [2.05, 4.69) is 42.3 Å². The van der Waals surface area contributed by atoms with Crippen LogP contribution >= 0.6 is 22.9 Å². The van der Waals surface area contributed by atoms with Crippen LogP contribution in [-0.4, -0.2) is 69.7 Å². The summed E-state index contributed by atoms with van der Waals surface area (Å²) < 4.78 is 58.9. The first-order valence-corrected chi connectivity index (χ1v) is 14.2. The number of aliphatic hydroxyl groups excluding tert-OH is 1. The van der Waals surface area contributed by atoms with Gasteiger partial charge in [-0.25, -0.2) is 15.0 Å². The second kappa shape index (κ2) is 12.4. The lowest BCUT2D eigenvalue weighted by Gasteiger charge is -2.40. The minimum Gasteiger partial charge on any atom is -0.395 e. The second-order valence-corrected chi connectivity index (χ2v) is 10.9. The number of thiazole rings is 1. The molecular weight excluding hydrogens is 522 g/mol. The first-order chi connectivity index (χ1) is 23.7. The summed E-state index contributed by atoms with van der Waals surface area (Å²) >= 11 is 7.68. The maximum atomic E-state index is 13.1. The molecule has 1 saturated heterocycles. The van der Waals surface area contributed by atoms with E-state index in [0.717, 1.165) is 36.2 Å². The number of hydrogen-bond acceptors (Lipinski definition) is 9. The number of rotatable bonds is 9. The van der Waals surface area contributed by atoms with Gasteiger partial charge in [0.2, 0.25) is 0 Å². The zero-order valence-corrected chi connectivity index (χ0v) is 24.1. The van der Waals surface area contributed by atoms with Gasteiger partial charge in [-0.1, -0.05) is 36.8 Å². The molecule has 0 aliphatic carbocycles. The van der Waals surface area contributed by atoms with Crippen LogP contribution in [0.5, 0.6) is 0 Å². The number of halogens is 1. The molecule has 1 amide bonds. The number of amides is 1. The summed E-state index contributed by atoms with van der Waals surface area (Å²) in [5.41, 5.74) is 3.84. The summed E-state index contributed by atoms with van der Waals surface area (Å²) in [4.78, 5) is 31.5. The molecule has 1 fully saturated rings. The van der Waals surface area contributed by atoms with E-state index in [1.807, 2.05) is 33.8 Å². The standard InChI is InChI=1S/C27H36ClN7O2S.135H2/c1-6-19-18(5)16(3)12-20(28)25(19)33-26(37)21-14-29-27(38-21)32-23-13-24(31-22(7-2)30-23)35-9-8-34(10-11-36)15-17(35)4;;;;;;;;;;;;;;;;;;;;;;;;;;;;;;;;;;;;;;;;;;;;;;;;;;;;;;;;;;;;;;;;;;;;;;;;;;;;;;;;;;;;;;;;;;;;;;;;;;;;;;;;;;;;;;;;;;;;;;;;;;;;;;;;;;;;;;;/h12-14,17,36H,6-11,15H2,1-5H3,(H,33,37)(H,29,30,31,32);135*1H/i13D;5*1+1D;;;;;;;;;;;;;;;;;;;;;;;;;;;;;;;;;;;;;;;;;;;;;;;;;;;;;;;;;;;;;;;;;;;;;;;;;;;;;;;;;;;;;;;;;;;;;;;;;;;;;;;;;;;;;;;;;;;;;;;;;;;;;;;;;;. The fourth-order valence-electron chi connectivity index (χ4n) is 4.71. The smallest absolute Gasteiger partial charge is 0.267 e. The third-order valence-corrected chi connectivity index (χ3v) is 8.11. The Morgan fingerprint density at radius 3 is 2.84 bits per heavy atom. The van der Waals surface area contributed by atoms with E-state index < -0.39 is 0 Å². The number of benzene rings is 1. The Labute approximate surface area is 443 Å². The highest BCUT2D eigenvalue weighted by Gasteiger charge is 2.25. The molecule has 4 rings (SSSR count). The summed E-state index contributed by atoms with van der Waals surface area (Å²) in [6.07, 6.45) is 2.87. The highest BCUT2D eigenvalue weighted by atomic mass is 35.5. The molecule has 1 aromatic carbocycles. The molecule has 1 aliphatic heterocycles. The second-order valence-electron chi connectivity index (χ2n) is 9.47. The van der Waals surface area contributed by atoms with E-state index in [1.54, 1.807) is 0 Å². The lowest BCUT2D eigenvalue weighted by Crippen LogP contribution is -2.52. The molecule has 1 aliphatic rings. The number of aryl methyl sites for hydroxylation is 2. The summed E-state index contributed by atoms with van der Waals surface area (Å²) in [6.45, 7) is 13.2. The van der Waals surface area contributed by atoms with Crippen LogP contribution in [0.1, 0.15) is 255 Å². The van der Waals surface area contributed by atoms with Crippen molar-refractivity contribution in [1.29, 1.82) is 0 Å². The molecule has 3 N–H and O–H groups in total. The normalized spacial score (nSPS) is 17.5. The minimum absolute atomic E-state index is 0. The number of carbonyl (C=O) groups excluding carboxylic acids is 1. The lowest BCUT2D eigenvalue weighted by atomic mass is 9.99. The van der Waals surface area contributed by atoms with Gasteiger partial charge in [-0.3, -0.25) is 9.69 Å². The number of aliphatic hydroxyl groups is 1. The van der Waals surface area contributed by atoms with Crippen molar-refractivity contribution in [2.24, 2.45) is 0 Å². The molecule has 0 spiro atoms. The molecule has 11 heteroatoms. The lowest BCUT2D eigenvalue weighted by molar-refractivity contribution is 0.103. The number of nitrogens with zero attached hydrogens (tertiary/aromatic N) is 5. The van der Waals surface area contributed by atoms with Gasteiger partial charge in [0, 0.05) is 245 Å². The van der Waals surface area contributed by atoms with Gasteiger partial charge in [-0.15, -0.1) is 0 Å². The van der Waals surface area contributed by atoms with Crippen LogP contribution in [0.2, 0.25) is 5.02 Å². The van der Waals surface area contributed by atoms with Gasteiger partial charge in [0.25, 0.3) is 5.91 Å². The van der Waals surface area contributed by atoms with Gasteiger partial charge in [0.1, 0.15) is 22.3 Å². The number of aromatic nitrogens is 3. The van der Waals surface area contributed by atoms with Crippen LogP contribution in [0.15, 0.2) is 18.3 Å². The summed E-state index contributed by atoms with van der Waals surface area (Å²) in [5.74, 6) is 1.26. The van der Waals surface area contributed by atoms with Crippen molar-refractivity contribution in [2.45, 2.75) is 53.5 Å². The van der Waals surface area contributed by atoms with Crippen LogP contribution < -0.4 is 15.5 Å². The maximum Gasteiger partial charge on any atom is 0.267 e. The van der Waals surface area contributed by atoms with Crippen LogP contribution in [0, 0.1) is 13.8 Å². The van der Waals surface area contributed by atoms with Crippen molar-refractivity contribution in [3.05, 3.63) is 50.7 Å². The number of nitrogens with one attached hydrogen (secondary N) is 2. The third kappa shape index (κ3) is 6.26. The van der Waals surface area contributed by atoms with Crippen LogP contribution in [-0.2, 0) is 12.8 Å². The predicted molar refractivity (Wildman–Crippen MR) is 441 cm³/mol. The molecule has 2 aromatic heterocycles. The van der Waals surface area contributed by atoms with Crippen molar-refractivity contribution >= 4 is 51.3 Å². The van der Waals surface area contributed by atoms with Crippen LogP contribution in [0.3, 0.4) is 0 Å². The number of carbonyl (C=O) groups is 1. The zero-order chi connectivity index (χ0) is 38.3. The maximum absolute atomic E-state index is 13.1. The largest absolute Gasteiger partial charge is 0.395 e. The van der Waals surface area contributed by atoms with Crippen molar-refractivity contribution in [3.63, 3.8) is 0 Å².